The smallest absolute Gasteiger partial charge is 0.238 e. The zero-order chi connectivity index (χ0) is 37.5. The lowest BCUT2D eigenvalue weighted by atomic mass is 10.0. The molecule has 0 saturated heterocycles. The van der Waals surface area contributed by atoms with Crippen LogP contribution in [0.2, 0.25) is 0 Å². The topological polar surface area (TPSA) is 61.7 Å². The Labute approximate surface area is 326 Å². The summed E-state index contributed by atoms with van der Waals surface area (Å²) in [4.78, 5) is 15.7. The number of nitrogens with zero attached hydrogens (tertiary/aromatic N) is 5. The van der Waals surface area contributed by atoms with Gasteiger partial charge in [-0.2, -0.15) is 9.97 Å². The van der Waals surface area contributed by atoms with Crippen molar-refractivity contribution in [3.05, 3.63) is 188 Å². The van der Waals surface area contributed by atoms with Crippen molar-refractivity contribution in [3.63, 3.8) is 0 Å². The van der Waals surface area contributed by atoms with Gasteiger partial charge in [0.2, 0.25) is 5.95 Å². The van der Waals surface area contributed by atoms with E-state index in [1.165, 1.54) is 21.9 Å². The van der Waals surface area contributed by atoms with Crippen LogP contribution in [0.3, 0.4) is 0 Å². The van der Waals surface area contributed by atoms with Gasteiger partial charge in [0.1, 0.15) is 11.2 Å². The minimum atomic E-state index is 0.539. The molecule has 0 aliphatic rings. The normalized spacial score (nSPS) is 11.9. The first-order chi connectivity index (χ1) is 28.3. The Morgan fingerprint density at radius 3 is 1.68 bits per heavy atom. The first kappa shape index (κ1) is 31.5. The number of aromatic nitrogens is 5. The molecule has 0 spiro atoms. The molecule has 4 heterocycles. The highest BCUT2D eigenvalue weighted by atomic mass is 16.3. The molecule has 266 valence electrons. The molecule has 0 fully saturated rings. The summed E-state index contributed by atoms with van der Waals surface area (Å²) in [5, 5.41) is 6.74. The van der Waals surface area contributed by atoms with Crippen molar-refractivity contribution >= 4 is 65.6 Å². The molecular weight excluding hydrogens is 699 g/mol. The fourth-order valence-corrected chi connectivity index (χ4v) is 8.69. The molecule has 12 rings (SSSR count). The number of hydrogen-bond donors (Lipinski definition) is 0. The number of benzene rings is 8. The predicted octanol–water partition coefficient (Wildman–Crippen LogP) is 13.0. The molecule has 0 atom stereocenters. The third kappa shape index (κ3) is 4.81. The Morgan fingerprint density at radius 1 is 0.368 bits per heavy atom. The Morgan fingerprint density at radius 2 is 0.930 bits per heavy atom. The first-order valence-corrected chi connectivity index (χ1v) is 19.1. The minimum Gasteiger partial charge on any atom is -0.455 e. The van der Waals surface area contributed by atoms with E-state index < -0.39 is 0 Å². The van der Waals surface area contributed by atoms with Crippen LogP contribution in [0.15, 0.2) is 192 Å². The summed E-state index contributed by atoms with van der Waals surface area (Å²) in [7, 11) is 0. The van der Waals surface area contributed by atoms with E-state index in [4.69, 9.17) is 19.4 Å². The molecule has 8 aromatic carbocycles. The van der Waals surface area contributed by atoms with Gasteiger partial charge in [0.25, 0.3) is 0 Å². The van der Waals surface area contributed by atoms with Crippen LogP contribution in [0.25, 0.3) is 111 Å². The maximum Gasteiger partial charge on any atom is 0.238 e. The van der Waals surface area contributed by atoms with Crippen LogP contribution in [0, 0.1) is 0 Å². The van der Waals surface area contributed by atoms with Gasteiger partial charge in [-0.05, 0) is 59.7 Å². The summed E-state index contributed by atoms with van der Waals surface area (Å²) < 4.78 is 11.1. The van der Waals surface area contributed by atoms with Crippen molar-refractivity contribution in [1.29, 1.82) is 0 Å². The van der Waals surface area contributed by atoms with Crippen LogP contribution in [-0.2, 0) is 0 Å². The maximum atomic E-state index is 6.51. The molecule has 0 unspecified atom stereocenters. The van der Waals surface area contributed by atoms with E-state index in [1.54, 1.807) is 0 Å². The average Bonchev–Trinajstić information content (AvgIpc) is 3.95. The van der Waals surface area contributed by atoms with Crippen LogP contribution in [0.4, 0.5) is 0 Å². The van der Waals surface area contributed by atoms with E-state index in [2.05, 4.69) is 137 Å². The lowest BCUT2D eigenvalue weighted by Gasteiger charge is -2.12. The number of furan rings is 1. The first-order valence-electron chi connectivity index (χ1n) is 19.1. The van der Waals surface area contributed by atoms with E-state index in [9.17, 15) is 0 Å². The fourth-order valence-electron chi connectivity index (χ4n) is 8.69. The van der Waals surface area contributed by atoms with Gasteiger partial charge in [0, 0.05) is 43.6 Å². The Kier molecular flexibility index (Phi) is 6.83. The summed E-state index contributed by atoms with van der Waals surface area (Å²) in [5.41, 5.74) is 11.1. The third-order valence-electron chi connectivity index (χ3n) is 11.2. The lowest BCUT2D eigenvalue weighted by molar-refractivity contribution is 0.669. The van der Waals surface area contributed by atoms with Crippen LogP contribution in [0.1, 0.15) is 0 Å². The van der Waals surface area contributed by atoms with Crippen LogP contribution in [0.5, 0.6) is 0 Å². The van der Waals surface area contributed by atoms with Crippen molar-refractivity contribution in [2.45, 2.75) is 0 Å². The minimum absolute atomic E-state index is 0.539. The SMILES string of the molecule is c1ccc(-c2cccc(-n3c4ccccc4c4c5c6ccccc6n(-c6nc(-c7ccccc7)nc(-c7cccc8c7oc7ccccc78)n6)c5ccc43)c2)cc1. The summed E-state index contributed by atoms with van der Waals surface area (Å²) in [6.07, 6.45) is 0. The van der Waals surface area contributed by atoms with E-state index in [-0.39, 0.29) is 0 Å². The fraction of sp³-hybridized carbons (Fsp3) is 0. The molecule has 0 radical (unpaired) electrons. The van der Waals surface area contributed by atoms with Crippen LogP contribution in [-0.4, -0.2) is 24.1 Å². The second-order valence-corrected chi connectivity index (χ2v) is 14.4. The van der Waals surface area contributed by atoms with Gasteiger partial charge in [-0.25, -0.2) is 4.98 Å². The van der Waals surface area contributed by atoms with Crippen molar-refractivity contribution in [3.8, 4) is 45.5 Å². The number of hydrogen-bond acceptors (Lipinski definition) is 4. The van der Waals surface area contributed by atoms with Gasteiger partial charge >= 0.3 is 0 Å². The van der Waals surface area contributed by atoms with Crippen molar-refractivity contribution in [2.24, 2.45) is 0 Å². The third-order valence-corrected chi connectivity index (χ3v) is 11.2. The van der Waals surface area contributed by atoms with E-state index in [0.717, 1.165) is 71.6 Å². The van der Waals surface area contributed by atoms with Gasteiger partial charge < -0.3 is 8.98 Å². The zero-order valence-electron chi connectivity index (χ0n) is 30.5. The Bertz CT molecular complexity index is 3520. The second-order valence-electron chi connectivity index (χ2n) is 14.4. The summed E-state index contributed by atoms with van der Waals surface area (Å²) in [6.45, 7) is 0. The van der Waals surface area contributed by atoms with E-state index in [1.807, 2.05) is 60.7 Å². The van der Waals surface area contributed by atoms with Gasteiger partial charge in [-0.1, -0.05) is 140 Å². The highest BCUT2D eigenvalue weighted by Gasteiger charge is 2.23. The summed E-state index contributed by atoms with van der Waals surface area (Å²) in [5.74, 6) is 1.67. The molecular formula is C51H31N5O. The average molecular weight is 730 g/mol. The molecule has 0 aliphatic carbocycles. The van der Waals surface area contributed by atoms with Crippen molar-refractivity contribution in [2.75, 3.05) is 0 Å². The highest BCUT2D eigenvalue weighted by Crippen LogP contribution is 2.43. The lowest BCUT2D eigenvalue weighted by Crippen LogP contribution is -2.06. The molecule has 0 aliphatic heterocycles. The second kappa shape index (κ2) is 12.3. The highest BCUT2D eigenvalue weighted by molar-refractivity contribution is 6.28. The van der Waals surface area contributed by atoms with Crippen LogP contribution < -0.4 is 0 Å². The van der Waals surface area contributed by atoms with Crippen molar-refractivity contribution in [1.82, 2.24) is 24.1 Å². The number of fused-ring (bicyclic) bond motifs is 10. The largest absolute Gasteiger partial charge is 0.455 e. The molecule has 6 nitrogen and oxygen atoms in total. The summed E-state index contributed by atoms with van der Waals surface area (Å²) >= 11 is 0. The monoisotopic (exact) mass is 729 g/mol. The number of rotatable bonds is 5. The molecule has 57 heavy (non-hydrogen) atoms. The molecule has 4 aromatic heterocycles. The van der Waals surface area contributed by atoms with Gasteiger partial charge in [-0.15, -0.1) is 0 Å². The molecule has 0 amide bonds. The van der Waals surface area contributed by atoms with Gasteiger partial charge in [0.05, 0.1) is 27.6 Å². The van der Waals surface area contributed by atoms with E-state index >= 15 is 0 Å². The molecule has 0 N–H and O–H groups in total. The van der Waals surface area contributed by atoms with Gasteiger partial charge in [0.15, 0.2) is 11.6 Å². The molecule has 0 saturated carbocycles. The maximum absolute atomic E-state index is 6.51. The Balaban J connectivity index is 1.15. The van der Waals surface area contributed by atoms with Gasteiger partial charge in [-0.3, -0.25) is 4.57 Å². The summed E-state index contributed by atoms with van der Waals surface area (Å²) in [6, 6.07) is 65.6. The van der Waals surface area contributed by atoms with Crippen molar-refractivity contribution < 1.29 is 4.42 Å². The van der Waals surface area contributed by atoms with E-state index in [0.29, 0.717) is 17.6 Å². The van der Waals surface area contributed by atoms with Crippen LogP contribution >= 0.6 is 0 Å². The molecule has 0 bridgehead atoms. The molecule has 12 aromatic rings. The standard InChI is InChI=1S/C51H31N5O/c1-3-15-32(16-4-1)34-19-13-20-35(31-34)55-41-26-10-7-22-38(41)46-43(55)29-30-44-47(46)39-23-8-11-27-42(39)56(44)51-53-49(33-17-5-2-6-18-33)52-50(54-51)40-25-14-24-37-36-21-9-12-28-45(36)57-48(37)40/h1-31H. The Hall–Kier alpha value is -7.83. The number of para-hydroxylation sites is 4. The molecule has 6 heteroatoms. The quantitative estimate of drug-likeness (QED) is 0.177. The zero-order valence-corrected chi connectivity index (χ0v) is 30.5. The predicted molar refractivity (Wildman–Crippen MR) is 232 cm³/mol.